The van der Waals surface area contributed by atoms with Crippen molar-refractivity contribution >= 4 is 23.5 Å². The number of hydrogen-bond donors (Lipinski definition) is 2. The van der Waals surface area contributed by atoms with Crippen LogP contribution in [0.1, 0.15) is 29.4 Å². The fraction of sp³-hybridized carbons (Fsp3) is 0.500. The van der Waals surface area contributed by atoms with Crippen molar-refractivity contribution in [1.82, 2.24) is 9.88 Å². The van der Waals surface area contributed by atoms with Crippen LogP contribution in [0.25, 0.3) is 0 Å². The number of aromatic nitrogens is 1. The molecule has 0 spiro atoms. The zero-order valence-electron chi connectivity index (χ0n) is 10.4. The largest absolute Gasteiger partial charge is 0.479 e. The van der Waals surface area contributed by atoms with Gasteiger partial charge < -0.3 is 19.7 Å². The van der Waals surface area contributed by atoms with E-state index in [0.717, 1.165) is 12.8 Å². The first-order valence-electron chi connectivity index (χ1n) is 5.94. The number of ether oxygens (including phenoxy) is 1. The zero-order chi connectivity index (χ0) is 14.0. The predicted octanol–water partition coefficient (Wildman–Crippen LogP) is 1.31. The van der Waals surface area contributed by atoms with Gasteiger partial charge in [-0.1, -0.05) is 11.6 Å². The molecule has 1 unspecified atom stereocenters. The van der Waals surface area contributed by atoms with Gasteiger partial charge in [-0.25, -0.2) is 4.79 Å². The van der Waals surface area contributed by atoms with Crippen LogP contribution in [0.4, 0.5) is 0 Å². The summed E-state index contributed by atoms with van der Waals surface area (Å²) in [4.78, 5) is 22.8. The maximum Gasteiger partial charge on any atom is 0.334 e. The summed E-state index contributed by atoms with van der Waals surface area (Å²) in [7, 11) is 1.29. The Hall–Kier alpha value is -1.53. The molecule has 1 heterocycles. The van der Waals surface area contributed by atoms with Crippen molar-refractivity contribution in [3.63, 3.8) is 0 Å². The number of carboxylic acid groups (broad SMARTS) is 1. The van der Waals surface area contributed by atoms with Gasteiger partial charge in [-0.2, -0.15) is 0 Å². The van der Waals surface area contributed by atoms with E-state index in [1.54, 1.807) is 12.3 Å². The molecule has 1 atom stereocenters. The summed E-state index contributed by atoms with van der Waals surface area (Å²) in [6.07, 6.45) is 2.73. The average molecular weight is 287 g/mol. The first kappa shape index (κ1) is 13.9. The van der Waals surface area contributed by atoms with Crippen molar-refractivity contribution in [3.8, 4) is 0 Å². The van der Waals surface area contributed by atoms with Gasteiger partial charge in [-0.05, 0) is 18.9 Å². The molecule has 2 rings (SSSR count). The molecule has 6 nitrogen and oxygen atoms in total. The molecule has 104 valence electrons. The second-order valence-electron chi connectivity index (χ2n) is 4.45. The fourth-order valence-corrected chi connectivity index (χ4v) is 2.04. The van der Waals surface area contributed by atoms with Crippen molar-refractivity contribution in [2.45, 2.75) is 25.0 Å². The summed E-state index contributed by atoms with van der Waals surface area (Å²) in [5, 5.41) is 11.9. The number of nitrogens with one attached hydrogen (secondary N) is 1. The number of aliphatic carboxylic acids is 1. The smallest absolute Gasteiger partial charge is 0.334 e. The summed E-state index contributed by atoms with van der Waals surface area (Å²) < 4.78 is 6.58. The molecule has 0 saturated heterocycles. The van der Waals surface area contributed by atoms with Gasteiger partial charge in [0, 0.05) is 19.3 Å². The molecule has 1 fully saturated rings. The van der Waals surface area contributed by atoms with E-state index in [4.69, 9.17) is 21.4 Å². The first-order valence-corrected chi connectivity index (χ1v) is 6.32. The molecule has 7 heteroatoms. The minimum Gasteiger partial charge on any atom is -0.479 e. The Morgan fingerprint density at radius 2 is 2.32 bits per heavy atom. The second-order valence-corrected chi connectivity index (χ2v) is 4.89. The van der Waals surface area contributed by atoms with E-state index in [2.05, 4.69) is 5.32 Å². The second kappa shape index (κ2) is 5.63. The average Bonchev–Trinajstić information content (AvgIpc) is 3.12. The molecule has 1 saturated carbocycles. The topological polar surface area (TPSA) is 80.6 Å². The molecule has 0 radical (unpaired) electrons. The van der Waals surface area contributed by atoms with Gasteiger partial charge in [0.1, 0.15) is 5.69 Å². The quantitative estimate of drug-likeness (QED) is 0.826. The predicted molar refractivity (Wildman–Crippen MR) is 68.5 cm³/mol. The summed E-state index contributed by atoms with van der Waals surface area (Å²) in [6, 6.07) is 1.91. The van der Waals surface area contributed by atoms with E-state index in [0.29, 0.717) is 16.8 Å². The van der Waals surface area contributed by atoms with Gasteiger partial charge in [0.05, 0.1) is 11.6 Å². The van der Waals surface area contributed by atoms with E-state index < -0.39 is 12.1 Å². The molecule has 1 aliphatic rings. The molecule has 0 aliphatic heterocycles. The third kappa shape index (κ3) is 3.27. The fourth-order valence-electron chi connectivity index (χ4n) is 1.83. The third-order valence-electron chi connectivity index (χ3n) is 3.00. The maximum atomic E-state index is 12.0. The lowest BCUT2D eigenvalue weighted by Crippen LogP contribution is -2.38. The number of carbonyl (C=O) groups is 2. The number of halogens is 1. The van der Waals surface area contributed by atoms with Crippen molar-refractivity contribution in [2.24, 2.45) is 0 Å². The van der Waals surface area contributed by atoms with Gasteiger partial charge in [-0.3, -0.25) is 4.79 Å². The molecule has 19 heavy (non-hydrogen) atoms. The third-order valence-corrected chi connectivity index (χ3v) is 3.20. The van der Waals surface area contributed by atoms with E-state index in [1.165, 1.54) is 7.11 Å². The zero-order valence-corrected chi connectivity index (χ0v) is 11.2. The SMILES string of the molecule is COC(CNC(=O)c1cc(Cl)cn1C1CC1)C(=O)O. The summed E-state index contributed by atoms with van der Waals surface area (Å²) >= 11 is 5.90. The van der Waals surface area contributed by atoms with Crippen LogP contribution in [0, 0.1) is 0 Å². The highest BCUT2D eigenvalue weighted by Crippen LogP contribution is 2.37. The van der Waals surface area contributed by atoms with Crippen molar-refractivity contribution in [2.75, 3.05) is 13.7 Å². The van der Waals surface area contributed by atoms with Crippen LogP contribution in [0.5, 0.6) is 0 Å². The van der Waals surface area contributed by atoms with Gasteiger partial charge in [-0.15, -0.1) is 0 Å². The van der Waals surface area contributed by atoms with Crippen LogP contribution < -0.4 is 5.32 Å². The molecule has 0 aromatic carbocycles. The van der Waals surface area contributed by atoms with Crippen LogP contribution in [0.3, 0.4) is 0 Å². The number of amides is 1. The van der Waals surface area contributed by atoms with Crippen molar-refractivity contribution in [1.29, 1.82) is 0 Å². The molecule has 1 aromatic rings. The van der Waals surface area contributed by atoms with Gasteiger partial charge in [0.15, 0.2) is 6.10 Å². The molecular weight excluding hydrogens is 272 g/mol. The molecule has 2 N–H and O–H groups in total. The summed E-state index contributed by atoms with van der Waals surface area (Å²) in [5.41, 5.74) is 0.452. The summed E-state index contributed by atoms with van der Waals surface area (Å²) in [6.45, 7) is -0.0852. The Balaban J connectivity index is 2.01. The number of nitrogens with zero attached hydrogens (tertiary/aromatic N) is 1. The van der Waals surface area contributed by atoms with Crippen molar-refractivity contribution in [3.05, 3.63) is 23.0 Å². The van der Waals surface area contributed by atoms with Gasteiger partial charge in [0.2, 0.25) is 0 Å². The Morgan fingerprint density at radius 3 is 2.84 bits per heavy atom. The molecule has 1 aliphatic carbocycles. The lowest BCUT2D eigenvalue weighted by atomic mass is 10.3. The van der Waals surface area contributed by atoms with Crippen LogP contribution >= 0.6 is 11.6 Å². The number of carboxylic acids is 1. The standard InChI is InChI=1S/C12H15ClN2O4/c1-19-10(12(17)18)5-14-11(16)9-4-7(13)6-15(9)8-2-3-8/h4,6,8,10H,2-3,5H2,1H3,(H,14,16)(H,17,18). The monoisotopic (exact) mass is 286 g/mol. The number of methoxy groups -OCH3 is 1. The lowest BCUT2D eigenvalue weighted by Gasteiger charge is -2.12. The van der Waals surface area contributed by atoms with Crippen LogP contribution in [0.2, 0.25) is 5.02 Å². The van der Waals surface area contributed by atoms with Crippen LogP contribution in [0.15, 0.2) is 12.3 Å². The lowest BCUT2D eigenvalue weighted by molar-refractivity contribution is -0.148. The van der Waals surface area contributed by atoms with Gasteiger partial charge in [0.25, 0.3) is 5.91 Å². The van der Waals surface area contributed by atoms with E-state index >= 15 is 0 Å². The summed E-state index contributed by atoms with van der Waals surface area (Å²) in [5.74, 6) is -1.46. The van der Waals surface area contributed by atoms with E-state index in [-0.39, 0.29) is 12.5 Å². The highest BCUT2D eigenvalue weighted by atomic mass is 35.5. The van der Waals surface area contributed by atoms with Crippen LogP contribution in [-0.2, 0) is 9.53 Å². The Labute approximate surface area is 115 Å². The normalized spacial score (nSPS) is 16.1. The van der Waals surface area contributed by atoms with Crippen LogP contribution in [-0.4, -0.2) is 41.3 Å². The van der Waals surface area contributed by atoms with Crippen molar-refractivity contribution < 1.29 is 19.4 Å². The Bertz CT molecular complexity index is 496. The number of rotatable bonds is 6. The minimum absolute atomic E-state index is 0.0852. The highest BCUT2D eigenvalue weighted by Gasteiger charge is 2.28. The molecule has 1 aromatic heterocycles. The number of hydrogen-bond acceptors (Lipinski definition) is 3. The molecular formula is C12H15ClN2O4. The first-order chi connectivity index (χ1) is 9.02. The maximum absolute atomic E-state index is 12.0. The Kier molecular flexibility index (Phi) is 4.11. The molecule has 0 bridgehead atoms. The number of carbonyl (C=O) groups excluding carboxylic acids is 1. The molecule has 1 amide bonds. The minimum atomic E-state index is -1.11. The highest BCUT2D eigenvalue weighted by molar-refractivity contribution is 6.31. The van der Waals surface area contributed by atoms with Gasteiger partial charge >= 0.3 is 5.97 Å². The van der Waals surface area contributed by atoms with E-state index in [1.807, 2.05) is 4.57 Å². The Morgan fingerprint density at radius 1 is 1.63 bits per heavy atom. The van der Waals surface area contributed by atoms with E-state index in [9.17, 15) is 9.59 Å².